The van der Waals surface area contributed by atoms with Gasteiger partial charge in [-0.05, 0) is 33.7 Å². The van der Waals surface area contributed by atoms with Gasteiger partial charge in [0.1, 0.15) is 0 Å². The van der Waals surface area contributed by atoms with Crippen molar-refractivity contribution in [2.45, 2.75) is 45.8 Å². The van der Waals surface area contributed by atoms with Crippen LogP contribution in [0.5, 0.6) is 0 Å². The van der Waals surface area contributed by atoms with Crippen LogP contribution in [0.25, 0.3) is 0 Å². The molecule has 1 atom stereocenters. The van der Waals surface area contributed by atoms with Gasteiger partial charge in [-0.15, -0.1) is 0 Å². The van der Waals surface area contributed by atoms with Crippen molar-refractivity contribution in [1.29, 1.82) is 0 Å². The van der Waals surface area contributed by atoms with Crippen molar-refractivity contribution in [2.75, 3.05) is 13.2 Å². The maximum Gasteiger partial charge on any atom is 0.0834 e. The normalized spacial score (nSPS) is 13.9. The Morgan fingerprint density at radius 3 is 2.61 bits per heavy atom. The van der Waals surface area contributed by atoms with Gasteiger partial charge in [0.25, 0.3) is 0 Å². The summed E-state index contributed by atoms with van der Waals surface area (Å²) >= 11 is 6.19. The van der Waals surface area contributed by atoms with Crippen molar-refractivity contribution < 1.29 is 4.74 Å². The molecule has 1 heterocycles. The van der Waals surface area contributed by atoms with Gasteiger partial charge in [-0.3, -0.25) is 4.68 Å². The highest BCUT2D eigenvalue weighted by Gasteiger charge is 2.21. The first-order chi connectivity index (χ1) is 8.35. The Bertz CT molecular complexity index is 351. The van der Waals surface area contributed by atoms with E-state index in [0.29, 0.717) is 11.6 Å². The lowest BCUT2D eigenvalue weighted by Crippen LogP contribution is -2.32. The number of rotatable bonds is 6. The molecule has 0 saturated carbocycles. The lowest BCUT2D eigenvalue weighted by atomic mass is 10.1. The van der Waals surface area contributed by atoms with Crippen molar-refractivity contribution >= 4 is 11.6 Å². The summed E-state index contributed by atoms with van der Waals surface area (Å²) in [5, 5.41) is 8.32. The molecule has 1 N–H and O–H groups in total. The minimum atomic E-state index is -0.156. The van der Waals surface area contributed by atoms with E-state index in [1.807, 2.05) is 11.7 Å². The predicted molar refractivity (Wildman–Crippen MR) is 75.0 cm³/mol. The van der Waals surface area contributed by atoms with Crippen LogP contribution >= 0.6 is 11.6 Å². The van der Waals surface area contributed by atoms with Gasteiger partial charge >= 0.3 is 0 Å². The first kappa shape index (κ1) is 15.5. The van der Waals surface area contributed by atoms with E-state index in [0.717, 1.165) is 18.7 Å². The molecule has 1 aromatic heterocycles. The fraction of sp³-hybridized carbons (Fsp3) is 0.769. The molecule has 0 fully saturated rings. The molecular formula is C13H24ClN3O. The maximum atomic E-state index is 6.19. The molecule has 1 unspecified atom stereocenters. The van der Waals surface area contributed by atoms with Crippen LogP contribution in [0.3, 0.4) is 0 Å². The van der Waals surface area contributed by atoms with Gasteiger partial charge in [0.2, 0.25) is 0 Å². The van der Waals surface area contributed by atoms with Gasteiger partial charge in [-0.25, -0.2) is 0 Å². The van der Waals surface area contributed by atoms with E-state index >= 15 is 0 Å². The zero-order valence-electron chi connectivity index (χ0n) is 12.0. The van der Waals surface area contributed by atoms with Gasteiger partial charge < -0.3 is 10.1 Å². The van der Waals surface area contributed by atoms with Crippen LogP contribution in [0, 0.1) is 0 Å². The van der Waals surface area contributed by atoms with E-state index in [1.54, 1.807) is 6.20 Å². The van der Waals surface area contributed by atoms with E-state index in [9.17, 15) is 0 Å². The van der Waals surface area contributed by atoms with Crippen molar-refractivity contribution in [1.82, 2.24) is 15.1 Å². The second kappa shape index (κ2) is 6.55. The Morgan fingerprint density at radius 2 is 2.17 bits per heavy atom. The third-order valence-corrected chi connectivity index (χ3v) is 2.88. The van der Waals surface area contributed by atoms with Crippen molar-refractivity contribution in [3.8, 4) is 0 Å². The molecule has 0 bridgehead atoms. The van der Waals surface area contributed by atoms with Crippen LogP contribution in [0.2, 0.25) is 5.02 Å². The van der Waals surface area contributed by atoms with Crippen molar-refractivity contribution in [3.05, 3.63) is 16.9 Å². The number of nitrogens with one attached hydrogen (secondary N) is 1. The molecule has 5 heteroatoms. The number of hydrogen-bond acceptors (Lipinski definition) is 3. The highest BCUT2D eigenvalue weighted by atomic mass is 35.5. The molecule has 4 nitrogen and oxygen atoms in total. The summed E-state index contributed by atoms with van der Waals surface area (Å²) in [6.07, 6.45) is 2.75. The van der Waals surface area contributed by atoms with E-state index in [4.69, 9.17) is 16.3 Å². The molecule has 0 aliphatic rings. The Kier molecular flexibility index (Phi) is 5.63. The van der Waals surface area contributed by atoms with Crippen LogP contribution in [0.4, 0.5) is 0 Å². The molecule has 1 rings (SSSR count). The van der Waals surface area contributed by atoms with E-state index in [1.165, 1.54) is 0 Å². The summed E-state index contributed by atoms with van der Waals surface area (Å²) in [4.78, 5) is 0. The number of hydrogen-bond donors (Lipinski definition) is 1. The average molecular weight is 274 g/mol. The number of aromatic nitrogens is 2. The van der Waals surface area contributed by atoms with Crippen LogP contribution in [-0.2, 0) is 11.8 Å². The molecule has 0 amide bonds. The zero-order chi connectivity index (χ0) is 13.8. The molecular weight excluding hydrogens is 250 g/mol. The maximum absolute atomic E-state index is 6.19. The second-order valence-electron chi connectivity index (χ2n) is 5.43. The molecule has 0 saturated heterocycles. The first-order valence-corrected chi connectivity index (χ1v) is 6.77. The van der Waals surface area contributed by atoms with E-state index in [-0.39, 0.29) is 11.6 Å². The fourth-order valence-electron chi connectivity index (χ4n) is 1.70. The standard InChI is InChI=1S/C13H24ClN3O/c1-6-7-15-11(9-18-13(2,3)4)12-10(14)8-16-17(12)5/h8,11,15H,6-7,9H2,1-5H3. The van der Waals surface area contributed by atoms with Crippen LogP contribution < -0.4 is 5.32 Å². The van der Waals surface area contributed by atoms with Crippen LogP contribution in [0.1, 0.15) is 45.9 Å². The van der Waals surface area contributed by atoms with Gasteiger partial charge in [-0.1, -0.05) is 18.5 Å². The summed E-state index contributed by atoms with van der Waals surface area (Å²) in [5.74, 6) is 0. The number of aryl methyl sites for hydroxylation is 1. The van der Waals surface area contributed by atoms with Crippen LogP contribution in [-0.4, -0.2) is 28.5 Å². The monoisotopic (exact) mass is 273 g/mol. The highest BCUT2D eigenvalue weighted by molar-refractivity contribution is 6.31. The SMILES string of the molecule is CCCNC(COC(C)(C)C)c1c(Cl)cnn1C. The predicted octanol–water partition coefficient (Wildman–Crippen LogP) is 2.93. The summed E-state index contributed by atoms with van der Waals surface area (Å²) < 4.78 is 7.67. The average Bonchev–Trinajstić information content (AvgIpc) is 2.59. The minimum Gasteiger partial charge on any atom is -0.374 e. The molecule has 0 spiro atoms. The lowest BCUT2D eigenvalue weighted by molar-refractivity contribution is -0.0156. The Hall–Kier alpha value is -0.580. The molecule has 1 aromatic rings. The van der Waals surface area contributed by atoms with E-state index in [2.05, 4.69) is 38.1 Å². The third kappa shape index (κ3) is 4.59. The molecule has 104 valence electrons. The summed E-state index contributed by atoms with van der Waals surface area (Å²) in [6.45, 7) is 9.81. The van der Waals surface area contributed by atoms with Gasteiger partial charge in [-0.2, -0.15) is 5.10 Å². The van der Waals surface area contributed by atoms with Gasteiger partial charge in [0.15, 0.2) is 0 Å². The molecule has 0 aromatic carbocycles. The first-order valence-electron chi connectivity index (χ1n) is 6.40. The minimum absolute atomic E-state index is 0.0733. The van der Waals surface area contributed by atoms with Crippen molar-refractivity contribution in [2.24, 2.45) is 7.05 Å². The largest absolute Gasteiger partial charge is 0.374 e. The summed E-state index contributed by atoms with van der Waals surface area (Å²) in [7, 11) is 1.90. The Balaban J connectivity index is 2.78. The fourth-order valence-corrected chi connectivity index (χ4v) is 2.00. The van der Waals surface area contributed by atoms with Crippen LogP contribution in [0.15, 0.2) is 6.20 Å². The van der Waals surface area contributed by atoms with E-state index < -0.39 is 0 Å². The third-order valence-electron chi connectivity index (χ3n) is 2.59. The number of ether oxygens (including phenoxy) is 1. The quantitative estimate of drug-likeness (QED) is 0.866. The van der Waals surface area contributed by atoms with Crippen molar-refractivity contribution in [3.63, 3.8) is 0 Å². The molecule has 0 radical (unpaired) electrons. The smallest absolute Gasteiger partial charge is 0.0834 e. The zero-order valence-corrected chi connectivity index (χ0v) is 12.7. The topological polar surface area (TPSA) is 39.1 Å². The summed E-state index contributed by atoms with van der Waals surface area (Å²) in [5.41, 5.74) is 0.825. The number of halogens is 1. The Labute approximate surface area is 115 Å². The molecule has 0 aliphatic carbocycles. The molecule has 18 heavy (non-hydrogen) atoms. The Morgan fingerprint density at radius 1 is 1.50 bits per heavy atom. The lowest BCUT2D eigenvalue weighted by Gasteiger charge is -2.25. The van der Waals surface area contributed by atoms with Gasteiger partial charge in [0, 0.05) is 7.05 Å². The molecule has 0 aliphatic heterocycles. The van der Waals surface area contributed by atoms with Gasteiger partial charge in [0.05, 0.1) is 35.2 Å². The number of nitrogens with zero attached hydrogens (tertiary/aromatic N) is 2. The summed E-state index contributed by atoms with van der Waals surface area (Å²) in [6, 6.07) is 0.0733. The highest BCUT2D eigenvalue weighted by Crippen LogP contribution is 2.23. The second-order valence-corrected chi connectivity index (χ2v) is 5.84.